The van der Waals surface area contributed by atoms with Gasteiger partial charge in [0.2, 0.25) is 0 Å². The van der Waals surface area contributed by atoms with Crippen molar-refractivity contribution in [3.8, 4) is 0 Å². The lowest BCUT2D eigenvalue weighted by atomic mass is 10.1. The van der Waals surface area contributed by atoms with E-state index in [4.69, 9.17) is 5.11 Å². The van der Waals surface area contributed by atoms with Gasteiger partial charge in [-0.1, -0.05) is 18.2 Å². The molecule has 0 aliphatic rings. The highest BCUT2D eigenvalue weighted by Gasteiger charge is 2.07. The van der Waals surface area contributed by atoms with Gasteiger partial charge in [-0.05, 0) is 29.8 Å². The van der Waals surface area contributed by atoms with Crippen molar-refractivity contribution in [1.82, 2.24) is 0 Å². The minimum Gasteiger partial charge on any atom is -0.478 e. The first-order valence-corrected chi connectivity index (χ1v) is 5.58. The van der Waals surface area contributed by atoms with Crippen LogP contribution >= 0.6 is 0 Å². The fourth-order valence-electron chi connectivity index (χ4n) is 1.62. The summed E-state index contributed by atoms with van der Waals surface area (Å²) in [7, 11) is 0. The predicted octanol–water partition coefficient (Wildman–Crippen LogP) is 3.28. The number of benzene rings is 2. The molecule has 0 saturated heterocycles. The van der Waals surface area contributed by atoms with Crippen LogP contribution < -0.4 is 5.32 Å². The third-order valence-corrected chi connectivity index (χ3v) is 2.63. The molecule has 0 fully saturated rings. The smallest absolute Gasteiger partial charge is 0.335 e. The molecule has 0 bridgehead atoms. The second-order valence-corrected chi connectivity index (χ2v) is 3.95. The van der Waals surface area contributed by atoms with Gasteiger partial charge in [0.1, 0.15) is 17.3 Å². The Hall–Kier alpha value is -2.43. The fourth-order valence-corrected chi connectivity index (χ4v) is 1.62. The van der Waals surface area contributed by atoms with E-state index in [1.807, 2.05) is 0 Å². The number of aromatic carboxylic acids is 1. The summed E-state index contributed by atoms with van der Waals surface area (Å²) in [6, 6.07) is 9.69. The van der Waals surface area contributed by atoms with Gasteiger partial charge in [-0.25, -0.2) is 13.6 Å². The Kier molecular flexibility index (Phi) is 3.75. The Morgan fingerprint density at radius 1 is 1.05 bits per heavy atom. The molecular weight excluding hydrogens is 252 g/mol. The minimum absolute atomic E-state index is 0.167. The lowest BCUT2D eigenvalue weighted by Crippen LogP contribution is -2.04. The summed E-state index contributed by atoms with van der Waals surface area (Å²) in [5, 5.41) is 11.4. The van der Waals surface area contributed by atoms with E-state index in [2.05, 4.69) is 5.32 Å². The van der Waals surface area contributed by atoms with Gasteiger partial charge in [0.05, 0.1) is 5.56 Å². The molecule has 0 spiro atoms. The first-order chi connectivity index (χ1) is 9.08. The highest BCUT2D eigenvalue weighted by atomic mass is 19.1. The summed E-state index contributed by atoms with van der Waals surface area (Å²) in [5.74, 6) is -2.34. The second-order valence-electron chi connectivity index (χ2n) is 3.95. The van der Waals surface area contributed by atoms with E-state index in [0.717, 1.165) is 5.56 Å². The molecule has 2 N–H and O–H groups in total. The summed E-state index contributed by atoms with van der Waals surface area (Å²) in [5.41, 5.74) is 0.707. The summed E-state index contributed by atoms with van der Waals surface area (Å²) >= 11 is 0. The second kappa shape index (κ2) is 5.48. The van der Waals surface area contributed by atoms with Crippen LogP contribution in [-0.2, 0) is 6.54 Å². The Balaban J connectivity index is 2.08. The lowest BCUT2D eigenvalue weighted by Gasteiger charge is -2.08. The number of carboxylic acid groups (broad SMARTS) is 1. The monoisotopic (exact) mass is 263 g/mol. The normalized spacial score (nSPS) is 10.2. The maximum atomic E-state index is 13.3. The van der Waals surface area contributed by atoms with E-state index in [0.29, 0.717) is 0 Å². The van der Waals surface area contributed by atoms with Crippen LogP contribution in [0, 0.1) is 11.6 Å². The van der Waals surface area contributed by atoms with Crippen molar-refractivity contribution in [3.05, 3.63) is 65.2 Å². The molecule has 2 aromatic carbocycles. The number of hydrogen-bond acceptors (Lipinski definition) is 2. The van der Waals surface area contributed by atoms with Crippen molar-refractivity contribution in [2.45, 2.75) is 6.54 Å². The molecule has 0 aliphatic heterocycles. The van der Waals surface area contributed by atoms with Crippen LogP contribution in [0.2, 0.25) is 0 Å². The predicted molar refractivity (Wildman–Crippen MR) is 67.1 cm³/mol. The zero-order valence-electron chi connectivity index (χ0n) is 9.86. The van der Waals surface area contributed by atoms with E-state index in [1.54, 1.807) is 12.1 Å². The fraction of sp³-hybridized carbons (Fsp3) is 0.0714. The van der Waals surface area contributed by atoms with Crippen molar-refractivity contribution in [3.63, 3.8) is 0 Å². The topological polar surface area (TPSA) is 49.3 Å². The number of hydrogen-bond donors (Lipinski definition) is 2. The number of rotatable bonds is 4. The van der Waals surface area contributed by atoms with Gasteiger partial charge >= 0.3 is 5.97 Å². The largest absolute Gasteiger partial charge is 0.478 e. The molecule has 3 nitrogen and oxygen atoms in total. The summed E-state index contributed by atoms with van der Waals surface area (Å²) in [6.07, 6.45) is 0. The SMILES string of the molecule is O=C(O)c1ccc(CNc2c(F)cccc2F)cc1. The summed E-state index contributed by atoms with van der Waals surface area (Å²) in [6.45, 7) is 0.206. The first-order valence-electron chi connectivity index (χ1n) is 5.58. The Labute approximate surface area is 108 Å². The molecule has 0 aromatic heterocycles. The van der Waals surface area contributed by atoms with Gasteiger partial charge in [0.15, 0.2) is 0 Å². The van der Waals surface area contributed by atoms with E-state index >= 15 is 0 Å². The van der Waals surface area contributed by atoms with E-state index in [9.17, 15) is 13.6 Å². The van der Waals surface area contributed by atoms with Crippen LogP contribution in [0.1, 0.15) is 15.9 Å². The summed E-state index contributed by atoms with van der Waals surface area (Å²) < 4.78 is 26.7. The number of para-hydroxylation sites is 1. The number of carbonyl (C=O) groups is 1. The molecule has 0 amide bonds. The average molecular weight is 263 g/mol. The van der Waals surface area contributed by atoms with Gasteiger partial charge in [-0.3, -0.25) is 0 Å². The third-order valence-electron chi connectivity index (χ3n) is 2.63. The van der Waals surface area contributed by atoms with Crippen molar-refractivity contribution in [1.29, 1.82) is 0 Å². The molecule has 2 rings (SSSR count). The molecule has 0 heterocycles. The van der Waals surface area contributed by atoms with Crippen LogP contribution in [0.15, 0.2) is 42.5 Å². The van der Waals surface area contributed by atoms with Crippen LogP contribution in [0.25, 0.3) is 0 Å². The van der Waals surface area contributed by atoms with E-state index < -0.39 is 17.6 Å². The van der Waals surface area contributed by atoms with Gasteiger partial charge in [-0.15, -0.1) is 0 Å². The lowest BCUT2D eigenvalue weighted by molar-refractivity contribution is 0.0697. The highest BCUT2D eigenvalue weighted by Crippen LogP contribution is 2.19. The zero-order valence-corrected chi connectivity index (χ0v) is 9.86. The van der Waals surface area contributed by atoms with Crippen molar-refractivity contribution in [2.75, 3.05) is 5.32 Å². The first kappa shape index (κ1) is 13.0. The van der Waals surface area contributed by atoms with Gasteiger partial charge in [-0.2, -0.15) is 0 Å². The maximum absolute atomic E-state index is 13.3. The maximum Gasteiger partial charge on any atom is 0.335 e. The van der Waals surface area contributed by atoms with Crippen molar-refractivity contribution >= 4 is 11.7 Å². The van der Waals surface area contributed by atoms with Crippen molar-refractivity contribution in [2.24, 2.45) is 0 Å². The van der Waals surface area contributed by atoms with E-state index in [-0.39, 0.29) is 17.8 Å². The molecule has 2 aromatic rings. The number of carboxylic acids is 1. The molecule has 0 unspecified atom stereocenters. The van der Waals surface area contributed by atoms with Crippen LogP contribution in [0.3, 0.4) is 0 Å². The standard InChI is InChI=1S/C14H11F2NO2/c15-11-2-1-3-12(16)13(11)17-8-9-4-6-10(7-5-9)14(18)19/h1-7,17H,8H2,(H,18,19). The Bertz CT molecular complexity index is 577. The quantitative estimate of drug-likeness (QED) is 0.890. The van der Waals surface area contributed by atoms with Crippen molar-refractivity contribution < 1.29 is 18.7 Å². The summed E-state index contributed by atoms with van der Waals surface area (Å²) in [4.78, 5) is 10.7. The number of halogens is 2. The van der Waals surface area contributed by atoms with Gasteiger partial charge < -0.3 is 10.4 Å². The third kappa shape index (κ3) is 3.07. The van der Waals surface area contributed by atoms with Gasteiger partial charge in [0.25, 0.3) is 0 Å². The van der Waals surface area contributed by atoms with Crippen LogP contribution in [0.5, 0.6) is 0 Å². The molecule has 5 heteroatoms. The molecule has 0 radical (unpaired) electrons. The highest BCUT2D eigenvalue weighted by molar-refractivity contribution is 5.87. The van der Waals surface area contributed by atoms with E-state index in [1.165, 1.54) is 30.3 Å². The minimum atomic E-state index is -1.01. The number of anilines is 1. The Morgan fingerprint density at radius 3 is 2.16 bits per heavy atom. The Morgan fingerprint density at radius 2 is 1.63 bits per heavy atom. The zero-order chi connectivity index (χ0) is 13.8. The molecule has 98 valence electrons. The molecule has 19 heavy (non-hydrogen) atoms. The van der Waals surface area contributed by atoms with Crippen LogP contribution in [-0.4, -0.2) is 11.1 Å². The molecular formula is C14H11F2NO2. The molecule has 0 saturated carbocycles. The average Bonchev–Trinajstić information content (AvgIpc) is 2.38. The molecule has 0 atom stereocenters. The molecule has 0 aliphatic carbocycles. The van der Waals surface area contributed by atoms with Crippen LogP contribution in [0.4, 0.5) is 14.5 Å². The van der Waals surface area contributed by atoms with Gasteiger partial charge in [0, 0.05) is 6.54 Å². The number of nitrogens with one attached hydrogen (secondary N) is 1.